The van der Waals surface area contributed by atoms with Crippen molar-refractivity contribution < 1.29 is 19.1 Å². The van der Waals surface area contributed by atoms with Gasteiger partial charge in [-0.05, 0) is 26.3 Å². The molecule has 6 heteroatoms. The Morgan fingerprint density at radius 1 is 1.17 bits per heavy atom. The summed E-state index contributed by atoms with van der Waals surface area (Å²) < 4.78 is 10.6. The van der Waals surface area contributed by atoms with Gasteiger partial charge in [-0.2, -0.15) is 0 Å². The molecule has 24 heavy (non-hydrogen) atoms. The van der Waals surface area contributed by atoms with Crippen LogP contribution >= 0.6 is 0 Å². The average molecular weight is 332 g/mol. The van der Waals surface area contributed by atoms with Crippen molar-refractivity contribution in [2.75, 3.05) is 13.1 Å². The van der Waals surface area contributed by atoms with Crippen molar-refractivity contribution in [2.45, 2.75) is 39.0 Å². The lowest BCUT2D eigenvalue weighted by Crippen LogP contribution is -2.40. The van der Waals surface area contributed by atoms with Crippen molar-refractivity contribution in [3.05, 3.63) is 35.9 Å². The lowest BCUT2D eigenvalue weighted by molar-refractivity contribution is 0.0269. The SMILES string of the molecule is CC(C)(C)OC(=O)N1C[C@H]2C(NC(=O)OCc3ccccc3)[C@@H]2C1. The smallest absolute Gasteiger partial charge is 0.410 e. The van der Waals surface area contributed by atoms with Crippen LogP contribution in [0.3, 0.4) is 0 Å². The molecule has 2 amide bonds. The first-order valence-electron chi connectivity index (χ1n) is 8.28. The van der Waals surface area contributed by atoms with Crippen LogP contribution in [0, 0.1) is 11.8 Å². The second-order valence-corrected chi connectivity index (χ2v) is 7.44. The molecule has 1 N–H and O–H groups in total. The Bertz CT molecular complexity index is 599. The topological polar surface area (TPSA) is 67.9 Å². The van der Waals surface area contributed by atoms with Crippen molar-refractivity contribution in [1.82, 2.24) is 10.2 Å². The van der Waals surface area contributed by atoms with E-state index in [1.54, 1.807) is 4.90 Å². The number of piperidine rings is 1. The molecule has 1 aromatic rings. The van der Waals surface area contributed by atoms with E-state index in [9.17, 15) is 9.59 Å². The fourth-order valence-corrected chi connectivity index (χ4v) is 3.12. The number of fused-ring (bicyclic) bond motifs is 1. The fraction of sp³-hybridized carbons (Fsp3) is 0.556. The summed E-state index contributed by atoms with van der Waals surface area (Å²) in [5.41, 5.74) is 0.475. The average Bonchev–Trinajstić information content (AvgIpc) is 2.95. The Morgan fingerprint density at radius 3 is 2.38 bits per heavy atom. The standard InChI is InChI=1S/C18H24N2O4/c1-18(2,3)24-17(22)20-9-13-14(10-20)15(13)19-16(21)23-11-12-7-5-4-6-8-12/h4-8,13-15H,9-11H2,1-3H3,(H,19,21)/t13-,14-/m1/s1. The van der Waals surface area contributed by atoms with Crippen LogP contribution in [-0.4, -0.2) is 41.8 Å². The van der Waals surface area contributed by atoms with Gasteiger partial charge in [-0.3, -0.25) is 0 Å². The maximum absolute atomic E-state index is 12.0. The highest BCUT2D eigenvalue weighted by atomic mass is 16.6. The van der Waals surface area contributed by atoms with Crippen molar-refractivity contribution in [3.8, 4) is 0 Å². The zero-order valence-corrected chi connectivity index (χ0v) is 14.3. The Hall–Kier alpha value is -2.24. The van der Waals surface area contributed by atoms with Crippen LogP contribution < -0.4 is 5.32 Å². The second-order valence-electron chi connectivity index (χ2n) is 7.44. The number of amides is 2. The molecule has 0 radical (unpaired) electrons. The van der Waals surface area contributed by atoms with Crippen LogP contribution in [0.2, 0.25) is 0 Å². The highest BCUT2D eigenvalue weighted by Gasteiger charge is 2.58. The molecule has 1 aliphatic heterocycles. The lowest BCUT2D eigenvalue weighted by Gasteiger charge is -2.26. The van der Waals surface area contributed by atoms with E-state index in [-0.39, 0.29) is 18.7 Å². The third-order valence-electron chi connectivity index (χ3n) is 4.34. The number of hydrogen-bond donors (Lipinski definition) is 1. The van der Waals surface area contributed by atoms with Crippen molar-refractivity contribution in [1.29, 1.82) is 0 Å². The molecular formula is C18H24N2O4. The second kappa shape index (κ2) is 6.34. The molecule has 0 aromatic heterocycles. The molecule has 1 aromatic carbocycles. The first-order chi connectivity index (χ1) is 11.3. The maximum atomic E-state index is 12.0. The number of likely N-dealkylation sites (tertiary alicyclic amines) is 1. The number of alkyl carbamates (subject to hydrolysis) is 1. The molecular weight excluding hydrogens is 308 g/mol. The molecule has 1 aliphatic carbocycles. The van der Waals surface area contributed by atoms with Crippen LogP contribution in [0.4, 0.5) is 9.59 Å². The number of carbonyl (C=O) groups is 2. The number of hydrogen-bond acceptors (Lipinski definition) is 4. The Morgan fingerprint density at radius 2 is 1.79 bits per heavy atom. The summed E-state index contributed by atoms with van der Waals surface area (Å²) in [6.07, 6.45) is -0.679. The predicted molar refractivity (Wildman–Crippen MR) is 88.3 cm³/mol. The van der Waals surface area contributed by atoms with Crippen LogP contribution in [-0.2, 0) is 16.1 Å². The highest BCUT2D eigenvalue weighted by Crippen LogP contribution is 2.45. The van der Waals surface area contributed by atoms with Crippen molar-refractivity contribution in [3.63, 3.8) is 0 Å². The molecule has 0 bridgehead atoms. The third-order valence-corrected chi connectivity index (χ3v) is 4.34. The Labute approximate surface area is 142 Å². The first-order valence-corrected chi connectivity index (χ1v) is 8.28. The van der Waals surface area contributed by atoms with Gasteiger partial charge in [0.2, 0.25) is 0 Å². The van der Waals surface area contributed by atoms with Gasteiger partial charge in [0, 0.05) is 31.0 Å². The Kier molecular flexibility index (Phi) is 4.39. The van der Waals surface area contributed by atoms with E-state index < -0.39 is 11.7 Å². The lowest BCUT2D eigenvalue weighted by atomic mass is 10.2. The Balaban J connectivity index is 1.38. The summed E-state index contributed by atoms with van der Waals surface area (Å²) in [4.78, 5) is 25.6. The van der Waals surface area contributed by atoms with Gasteiger partial charge in [-0.25, -0.2) is 9.59 Å². The van der Waals surface area contributed by atoms with Gasteiger partial charge in [0.15, 0.2) is 0 Å². The normalized spacial score (nSPS) is 25.0. The quantitative estimate of drug-likeness (QED) is 0.924. The van der Waals surface area contributed by atoms with Gasteiger partial charge < -0.3 is 19.7 Å². The summed E-state index contributed by atoms with van der Waals surface area (Å²) in [6, 6.07) is 9.67. The molecule has 2 aliphatic rings. The maximum Gasteiger partial charge on any atom is 0.410 e. The van der Waals surface area contributed by atoms with E-state index in [1.807, 2.05) is 51.1 Å². The fourth-order valence-electron chi connectivity index (χ4n) is 3.12. The number of ether oxygens (including phenoxy) is 2. The van der Waals surface area contributed by atoms with Gasteiger partial charge >= 0.3 is 12.2 Å². The molecule has 2 atom stereocenters. The molecule has 3 rings (SSSR count). The van der Waals surface area contributed by atoms with Gasteiger partial charge in [0.25, 0.3) is 0 Å². The van der Waals surface area contributed by atoms with Gasteiger partial charge in [0.1, 0.15) is 12.2 Å². The summed E-state index contributed by atoms with van der Waals surface area (Å²) >= 11 is 0. The molecule has 6 nitrogen and oxygen atoms in total. The highest BCUT2D eigenvalue weighted by molar-refractivity contribution is 5.70. The minimum atomic E-state index is -0.483. The minimum absolute atomic E-state index is 0.104. The van der Waals surface area contributed by atoms with E-state index in [1.165, 1.54) is 0 Å². The van der Waals surface area contributed by atoms with Crippen molar-refractivity contribution >= 4 is 12.2 Å². The summed E-state index contributed by atoms with van der Waals surface area (Å²) in [7, 11) is 0. The van der Waals surface area contributed by atoms with Crippen LogP contribution in [0.15, 0.2) is 30.3 Å². The number of benzene rings is 1. The van der Waals surface area contributed by atoms with Crippen molar-refractivity contribution in [2.24, 2.45) is 11.8 Å². The molecule has 2 fully saturated rings. The predicted octanol–water partition coefficient (Wildman–Crippen LogP) is 2.78. The van der Waals surface area contributed by atoms with Gasteiger partial charge in [0.05, 0.1) is 0 Å². The van der Waals surface area contributed by atoms with Crippen LogP contribution in [0.1, 0.15) is 26.3 Å². The number of nitrogens with one attached hydrogen (secondary N) is 1. The first kappa shape index (κ1) is 16.6. The number of carbonyl (C=O) groups excluding carboxylic acids is 2. The number of rotatable bonds is 3. The molecule has 1 saturated heterocycles. The molecule has 0 unspecified atom stereocenters. The van der Waals surface area contributed by atoms with E-state index in [0.717, 1.165) is 5.56 Å². The van der Waals surface area contributed by atoms with E-state index in [2.05, 4.69) is 5.32 Å². The molecule has 1 heterocycles. The summed E-state index contributed by atoms with van der Waals surface area (Å²) in [5, 5.41) is 2.89. The van der Waals surface area contributed by atoms with Gasteiger partial charge in [-0.15, -0.1) is 0 Å². The van der Waals surface area contributed by atoms with E-state index >= 15 is 0 Å². The summed E-state index contributed by atoms with van der Waals surface area (Å²) in [5.74, 6) is 0.614. The molecule has 1 saturated carbocycles. The van der Waals surface area contributed by atoms with E-state index in [4.69, 9.17) is 9.47 Å². The summed E-state index contributed by atoms with van der Waals surface area (Å²) in [6.45, 7) is 7.09. The van der Waals surface area contributed by atoms with Gasteiger partial charge in [-0.1, -0.05) is 30.3 Å². The third kappa shape index (κ3) is 3.99. The largest absolute Gasteiger partial charge is 0.445 e. The zero-order valence-electron chi connectivity index (χ0n) is 14.3. The molecule has 130 valence electrons. The zero-order chi connectivity index (χ0) is 17.3. The van der Waals surface area contributed by atoms with Crippen LogP contribution in [0.5, 0.6) is 0 Å². The molecule has 0 spiro atoms. The number of nitrogens with zero attached hydrogens (tertiary/aromatic N) is 1. The van der Waals surface area contributed by atoms with E-state index in [0.29, 0.717) is 24.9 Å². The van der Waals surface area contributed by atoms with Crippen LogP contribution in [0.25, 0.3) is 0 Å². The minimum Gasteiger partial charge on any atom is -0.445 e. The monoisotopic (exact) mass is 332 g/mol.